The van der Waals surface area contributed by atoms with E-state index in [0.29, 0.717) is 23.9 Å². The summed E-state index contributed by atoms with van der Waals surface area (Å²) in [7, 11) is 0. The van der Waals surface area contributed by atoms with Gasteiger partial charge in [0.25, 0.3) is 0 Å². The Labute approximate surface area is 144 Å². The molecule has 0 aliphatic heterocycles. The first-order valence-corrected chi connectivity index (χ1v) is 8.28. The predicted octanol–water partition coefficient (Wildman–Crippen LogP) is 6.01. The molecule has 1 N–H and O–H groups in total. The van der Waals surface area contributed by atoms with E-state index >= 15 is 0 Å². The van der Waals surface area contributed by atoms with Crippen LogP contribution in [0.5, 0.6) is 5.75 Å². The number of ether oxygens (including phenoxy) is 1. The summed E-state index contributed by atoms with van der Waals surface area (Å²) in [5, 5.41) is 3.37. The van der Waals surface area contributed by atoms with Gasteiger partial charge in [0.15, 0.2) is 0 Å². The van der Waals surface area contributed by atoms with E-state index in [-0.39, 0.29) is 5.82 Å². The lowest BCUT2D eigenvalue weighted by molar-refractivity contribution is 0.336. The first-order chi connectivity index (χ1) is 10.0. The number of hydrogen-bond acceptors (Lipinski definition) is 2. The number of anilines is 1. The largest absolute Gasteiger partial charge is 0.492 e. The van der Waals surface area contributed by atoms with Crippen LogP contribution in [-0.2, 0) is 6.54 Å². The molecule has 0 spiro atoms. The molecule has 6 heteroatoms. The third-order valence-electron chi connectivity index (χ3n) is 2.78. The molecule has 0 radical (unpaired) electrons. The van der Waals surface area contributed by atoms with Crippen molar-refractivity contribution < 1.29 is 9.13 Å². The highest BCUT2D eigenvalue weighted by molar-refractivity contribution is 9.11. The molecular formula is C15H13Br2ClFNO. The summed E-state index contributed by atoms with van der Waals surface area (Å²) in [6, 6.07) is 8.46. The van der Waals surface area contributed by atoms with Gasteiger partial charge in [-0.3, -0.25) is 0 Å². The first kappa shape index (κ1) is 16.6. The van der Waals surface area contributed by atoms with Crippen LogP contribution in [0.3, 0.4) is 0 Å². The molecule has 2 nitrogen and oxygen atoms in total. The van der Waals surface area contributed by atoms with Crippen LogP contribution in [0, 0.1) is 5.82 Å². The lowest BCUT2D eigenvalue weighted by Gasteiger charge is -2.13. The van der Waals surface area contributed by atoms with Crippen LogP contribution in [0.2, 0.25) is 5.02 Å². The first-order valence-electron chi connectivity index (χ1n) is 6.31. The number of benzene rings is 2. The zero-order valence-electron chi connectivity index (χ0n) is 11.2. The summed E-state index contributed by atoms with van der Waals surface area (Å²) in [6.07, 6.45) is 0. The van der Waals surface area contributed by atoms with Crippen LogP contribution in [0.25, 0.3) is 0 Å². The van der Waals surface area contributed by atoms with Crippen LogP contribution in [0.15, 0.2) is 39.3 Å². The SMILES string of the molecule is CCOc1c(Br)cc(CNc2c(F)cccc2Cl)cc1Br. The van der Waals surface area contributed by atoms with Crippen LogP contribution < -0.4 is 10.1 Å². The minimum Gasteiger partial charge on any atom is -0.492 e. The monoisotopic (exact) mass is 435 g/mol. The molecular weight excluding hydrogens is 424 g/mol. The minimum absolute atomic E-state index is 0.306. The highest BCUT2D eigenvalue weighted by atomic mass is 79.9. The molecule has 0 aliphatic rings. The number of para-hydroxylation sites is 1. The van der Waals surface area contributed by atoms with E-state index in [1.807, 2.05) is 19.1 Å². The van der Waals surface area contributed by atoms with Gasteiger partial charge >= 0.3 is 0 Å². The van der Waals surface area contributed by atoms with E-state index in [1.54, 1.807) is 12.1 Å². The van der Waals surface area contributed by atoms with Crippen molar-refractivity contribution in [2.75, 3.05) is 11.9 Å². The Kier molecular flexibility index (Phi) is 5.90. The van der Waals surface area contributed by atoms with Crippen LogP contribution in [0.4, 0.5) is 10.1 Å². The molecule has 0 saturated carbocycles. The third-order valence-corrected chi connectivity index (χ3v) is 4.27. The van der Waals surface area contributed by atoms with Crippen molar-refractivity contribution in [1.29, 1.82) is 0 Å². The van der Waals surface area contributed by atoms with Gasteiger partial charge in [0, 0.05) is 6.54 Å². The fraction of sp³-hybridized carbons (Fsp3) is 0.200. The van der Waals surface area contributed by atoms with Crippen molar-refractivity contribution in [2.24, 2.45) is 0 Å². The van der Waals surface area contributed by atoms with Gasteiger partial charge in [-0.2, -0.15) is 0 Å². The normalized spacial score (nSPS) is 10.5. The standard InChI is InChI=1S/C15H13Br2ClFNO/c1-2-21-15-10(16)6-9(7-11(15)17)8-20-14-12(18)4-3-5-13(14)19/h3-7,20H,2,8H2,1H3. The average molecular weight is 438 g/mol. The van der Waals surface area contributed by atoms with E-state index < -0.39 is 0 Å². The summed E-state index contributed by atoms with van der Waals surface area (Å²) in [5.41, 5.74) is 1.27. The van der Waals surface area contributed by atoms with Crippen molar-refractivity contribution in [2.45, 2.75) is 13.5 Å². The summed E-state index contributed by atoms with van der Waals surface area (Å²) >= 11 is 12.9. The van der Waals surface area contributed by atoms with Crippen LogP contribution >= 0.6 is 43.5 Å². The van der Waals surface area contributed by atoms with E-state index in [9.17, 15) is 4.39 Å². The molecule has 0 amide bonds. The Bertz CT molecular complexity index is 608. The maximum absolute atomic E-state index is 13.7. The van der Waals surface area contributed by atoms with Crippen molar-refractivity contribution in [3.8, 4) is 5.75 Å². The maximum atomic E-state index is 13.7. The molecule has 21 heavy (non-hydrogen) atoms. The quantitative estimate of drug-likeness (QED) is 0.618. The molecule has 2 aromatic carbocycles. The van der Waals surface area contributed by atoms with E-state index in [1.165, 1.54) is 6.07 Å². The van der Waals surface area contributed by atoms with Gasteiger partial charge in [-0.1, -0.05) is 17.7 Å². The van der Waals surface area contributed by atoms with Crippen LogP contribution in [0.1, 0.15) is 12.5 Å². The molecule has 0 unspecified atom stereocenters. The van der Waals surface area contributed by atoms with E-state index in [4.69, 9.17) is 16.3 Å². The second-order valence-corrected chi connectivity index (χ2v) is 6.39. The lowest BCUT2D eigenvalue weighted by atomic mass is 10.2. The zero-order valence-corrected chi connectivity index (χ0v) is 15.1. The average Bonchev–Trinajstić information content (AvgIpc) is 2.42. The smallest absolute Gasteiger partial charge is 0.147 e. The molecule has 2 aromatic rings. The summed E-state index contributed by atoms with van der Waals surface area (Å²) in [4.78, 5) is 0. The van der Waals surface area contributed by atoms with Gasteiger partial charge in [-0.15, -0.1) is 0 Å². The Morgan fingerprint density at radius 1 is 1.24 bits per heavy atom. The molecule has 0 aliphatic carbocycles. The Morgan fingerprint density at radius 3 is 2.48 bits per heavy atom. The van der Waals surface area contributed by atoms with E-state index in [0.717, 1.165) is 20.3 Å². The number of rotatable bonds is 5. The zero-order chi connectivity index (χ0) is 15.4. The summed E-state index contributed by atoms with van der Waals surface area (Å²) in [5.74, 6) is 0.386. The van der Waals surface area contributed by atoms with Crippen LogP contribution in [-0.4, -0.2) is 6.61 Å². The molecule has 0 fully saturated rings. The third kappa shape index (κ3) is 4.11. The fourth-order valence-corrected chi connectivity index (χ4v) is 3.59. The molecule has 0 heterocycles. The van der Waals surface area contributed by atoms with Gasteiger partial charge in [0.05, 0.1) is 26.3 Å². The molecule has 0 atom stereocenters. The van der Waals surface area contributed by atoms with Gasteiger partial charge in [0.2, 0.25) is 0 Å². The fourth-order valence-electron chi connectivity index (χ4n) is 1.85. The minimum atomic E-state index is -0.369. The maximum Gasteiger partial charge on any atom is 0.147 e. The number of nitrogens with one attached hydrogen (secondary N) is 1. The summed E-state index contributed by atoms with van der Waals surface area (Å²) < 4.78 is 20.9. The summed E-state index contributed by atoms with van der Waals surface area (Å²) in [6.45, 7) is 2.96. The van der Waals surface area contributed by atoms with Crippen molar-refractivity contribution in [1.82, 2.24) is 0 Å². The predicted molar refractivity (Wildman–Crippen MR) is 91.7 cm³/mol. The Morgan fingerprint density at radius 2 is 1.90 bits per heavy atom. The van der Waals surface area contributed by atoms with Gasteiger partial charge in [0.1, 0.15) is 11.6 Å². The number of halogens is 4. The topological polar surface area (TPSA) is 21.3 Å². The molecule has 0 saturated heterocycles. The molecule has 0 bridgehead atoms. The second kappa shape index (κ2) is 7.47. The highest BCUT2D eigenvalue weighted by Gasteiger charge is 2.10. The number of hydrogen-bond donors (Lipinski definition) is 1. The molecule has 0 aromatic heterocycles. The van der Waals surface area contributed by atoms with Gasteiger partial charge < -0.3 is 10.1 Å². The van der Waals surface area contributed by atoms with E-state index in [2.05, 4.69) is 37.2 Å². The van der Waals surface area contributed by atoms with Crippen molar-refractivity contribution in [3.05, 3.63) is 55.7 Å². The molecule has 2 rings (SSSR count). The Balaban J connectivity index is 2.17. The van der Waals surface area contributed by atoms with Crippen molar-refractivity contribution in [3.63, 3.8) is 0 Å². The van der Waals surface area contributed by atoms with Gasteiger partial charge in [-0.25, -0.2) is 4.39 Å². The lowest BCUT2D eigenvalue weighted by Crippen LogP contribution is -2.03. The molecule has 112 valence electrons. The highest BCUT2D eigenvalue weighted by Crippen LogP contribution is 2.35. The Hall–Kier alpha value is -0.780. The second-order valence-electron chi connectivity index (χ2n) is 4.27. The van der Waals surface area contributed by atoms with Gasteiger partial charge in [-0.05, 0) is 68.6 Å². The van der Waals surface area contributed by atoms with Crippen molar-refractivity contribution >= 4 is 49.1 Å².